The Balaban J connectivity index is 3.95. The lowest BCUT2D eigenvalue weighted by Gasteiger charge is -2.17. The molecule has 92 valence electrons. The molecule has 6 heteroatoms. The van der Waals surface area contributed by atoms with Crippen LogP contribution in [-0.2, 0) is 4.79 Å². The van der Waals surface area contributed by atoms with Crippen LogP contribution < -0.4 is 11.1 Å². The van der Waals surface area contributed by atoms with E-state index in [0.29, 0.717) is 19.5 Å². The summed E-state index contributed by atoms with van der Waals surface area (Å²) in [5.41, 5.74) is 3.82. The van der Waals surface area contributed by atoms with Crippen molar-refractivity contribution in [1.29, 1.82) is 5.41 Å². The van der Waals surface area contributed by atoms with Gasteiger partial charge in [-0.3, -0.25) is 4.79 Å². The maximum atomic E-state index is 13.2. The van der Waals surface area contributed by atoms with E-state index in [1.807, 2.05) is 0 Å². The van der Waals surface area contributed by atoms with Gasteiger partial charge < -0.3 is 21.6 Å². The molecule has 5 N–H and O–H groups in total. The highest BCUT2D eigenvalue weighted by molar-refractivity contribution is 5.78. The van der Waals surface area contributed by atoms with E-state index in [1.165, 1.54) is 19.2 Å². The van der Waals surface area contributed by atoms with Crippen LogP contribution >= 0.6 is 0 Å². The normalized spacial score (nSPS) is 15.6. The third kappa shape index (κ3) is 6.26. The van der Waals surface area contributed by atoms with Crippen LogP contribution in [0, 0.1) is 5.41 Å². The first-order valence-corrected chi connectivity index (χ1v) is 4.96. The maximum Gasteiger partial charge on any atom is 0.323 e. The first-order chi connectivity index (χ1) is 7.40. The molecule has 0 bridgehead atoms. The summed E-state index contributed by atoms with van der Waals surface area (Å²) >= 11 is 0. The van der Waals surface area contributed by atoms with Gasteiger partial charge in [-0.05, 0) is 19.9 Å². The minimum absolute atomic E-state index is 0.313. The number of halogens is 1. The smallest absolute Gasteiger partial charge is 0.323 e. The summed E-state index contributed by atoms with van der Waals surface area (Å²) in [6.07, 6.45) is 2.65. The number of hydrogen-bond donors (Lipinski definition) is 4. The quantitative estimate of drug-likeness (QED) is 0.364. The molecule has 0 aliphatic rings. The number of nitrogens with two attached hydrogens (primary N) is 1. The van der Waals surface area contributed by atoms with Crippen molar-refractivity contribution in [3.05, 3.63) is 11.9 Å². The summed E-state index contributed by atoms with van der Waals surface area (Å²) in [6, 6.07) is 0. The molecule has 0 unspecified atom stereocenters. The fraction of sp³-hybridized carbons (Fsp3) is 0.600. The zero-order chi connectivity index (χ0) is 12.6. The number of nitrogens with one attached hydrogen (secondary N) is 2. The molecular formula is C10H18FN3O2. The molecule has 0 aliphatic heterocycles. The Morgan fingerprint density at radius 3 is 2.81 bits per heavy atom. The fourth-order valence-electron chi connectivity index (χ4n) is 1.00. The van der Waals surface area contributed by atoms with Crippen molar-refractivity contribution < 1.29 is 14.3 Å². The van der Waals surface area contributed by atoms with Gasteiger partial charge in [-0.15, -0.1) is 0 Å². The summed E-state index contributed by atoms with van der Waals surface area (Å²) in [4.78, 5) is 10.6. The standard InChI is InChI=1S/C10H18FN3O2/c1-10(13,9(15)16)7-8(11)3-2-5-14-6-4-12/h3-4,12,14H,2,5-7,13H2,1H3,(H,15,16)/b8-3-,12-4?/t10-/m0/s1. The second-order valence-electron chi connectivity index (χ2n) is 3.75. The van der Waals surface area contributed by atoms with Crippen molar-refractivity contribution >= 4 is 12.2 Å². The fourth-order valence-corrected chi connectivity index (χ4v) is 1.00. The van der Waals surface area contributed by atoms with Gasteiger partial charge in [0.1, 0.15) is 5.54 Å². The highest BCUT2D eigenvalue weighted by Crippen LogP contribution is 2.15. The zero-order valence-electron chi connectivity index (χ0n) is 9.29. The number of carboxylic acid groups (broad SMARTS) is 1. The summed E-state index contributed by atoms with van der Waals surface area (Å²) in [5.74, 6) is -1.75. The van der Waals surface area contributed by atoms with Crippen molar-refractivity contribution in [1.82, 2.24) is 5.32 Å². The van der Waals surface area contributed by atoms with E-state index < -0.39 is 17.3 Å². The Morgan fingerprint density at radius 1 is 1.69 bits per heavy atom. The van der Waals surface area contributed by atoms with Gasteiger partial charge in [-0.1, -0.05) is 6.08 Å². The Kier molecular flexibility index (Phi) is 6.52. The maximum absolute atomic E-state index is 13.2. The van der Waals surface area contributed by atoms with Gasteiger partial charge >= 0.3 is 5.97 Å². The molecule has 1 atom stereocenters. The van der Waals surface area contributed by atoms with Gasteiger partial charge in [-0.25, -0.2) is 4.39 Å². The number of carboxylic acids is 1. The Hall–Kier alpha value is -1.27. The van der Waals surface area contributed by atoms with E-state index in [4.69, 9.17) is 16.2 Å². The number of rotatable bonds is 8. The molecule has 0 saturated carbocycles. The van der Waals surface area contributed by atoms with Crippen molar-refractivity contribution in [2.45, 2.75) is 25.3 Å². The van der Waals surface area contributed by atoms with E-state index >= 15 is 0 Å². The number of carbonyl (C=O) groups is 1. The summed E-state index contributed by atoms with van der Waals surface area (Å²) in [6.45, 7) is 2.26. The molecule has 0 heterocycles. The third-order valence-corrected chi connectivity index (χ3v) is 1.96. The van der Waals surface area contributed by atoms with Crippen LogP contribution in [0.4, 0.5) is 4.39 Å². The van der Waals surface area contributed by atoms with Crippen molar-refractivity contribution in [3.8, 4) is 0 Å². The highest BCUT2D eigenvalue weighted by atomic mass is 19.1. The second kappa shape index (κ2) is 7.08. The van der Waals surface area contributed by atoms with E-state index in [-0.39, 0.29) is 6.42 Å². The van der Waals surface area contributed by atoms with Gasteiger partial charge in [0.15, 0.2) is 0 Å². The van der Waals surface area contributed by atoms with Crippen molar-refractivity contribution in [2.24, 2.45) is 5.73 Å². The van der Waals surface area contributed by atoms with Gasteiger partial charge in [0.25, 0.3) is 0 Å². The molecule has 0 aromatic carbocycles. The van der Waals surface area contributed by atoms with Crippen LogP contribution in [0.2, 0.25) is 0 Å². The molecule has 0 fully saturated rings. The summed E-state index contributed by atoms with van der Waals surface area (Å²) < 4.78 is 13.2. The predicted molar refractivity (Wildman–Crippen MR) is 60.3 cm³/mol. The minimum Gasteiger partial charge on any atom is -0.480 e. The average Bonchev–Trinajstić information content (AvgIpc) is 2.16. The monoisotopic (exact) mass is 231 g/mol. The average molecular weight is 231 g/mol. The van der Waals surface area contributed by atoms with Gasteiger partial charge in [0.05, 0.1) is 5.83 Å². The molecule has 0 spiro atoms. The topological polar surface area (TPSA) is 99.2 Å². The summed E-state index contributed by atoms with van der Waals surface area (Å²) in [5, 5.41) is 18.3. The molecule has 0 rings (SSSR count). The van der Waals surface area contributed by atoms with Gasteiger partial charge in [0, 0.05) is 19.2 Å². The molecule has 0 amide bonds. The Morgan fingerprint density at radius 2 is 2.31 bits per heavy atom. The van der Waals surface area contributed by atoms with E-state index in [2.05, 4.69) is 5.32 Å². The van der Waals surface area contributed by atoms with Crippen molar-refractivity contribution in [2.75, 3.05) is 13.1 Å². The Labute approximate surface area is 94.0 Å². The SMILES string of the molecule is C[C@](N)(C/C(F)=C/CCNCC=N)C(=O)O. The lowest BCUT2D eigenvalue weighted by Crippen LogP contribution is -2.44. The first-order valence-electron chi connectivity index (χ1n) is 4.96. The van der Waals surface area contributed by atoms with Crippen LogP contribution in [0.5, 0.6) is 0 Å². The lowest BCUT2D eigenvalue weighted by atomic mass is 9.98. The van der Waals surface area contributed by atoms with Crippen LogP contribution in [0.25, 0.3) is 0 Å². The summed E-state index contributed by atoms with van der Waals surface area (Å²) in [7, 11) is 0. The molecule has 16 heavy (non-hydrogen) atoms. The zero-order valence-corrected chi connectivity index (χ0v) is 9.29. The highest BCUT2D eigenvalue weighted by Gasteiger charge is 2.29. The second-order valence-corrected chi connectivity index (χ2v) is 3.75. The molecule has 0 radical (unpaired) electrons. The third-order valence-electron chi connectivity index (χ3n) is 1.96. The van der Waals surface area contributed by atoms with Gasteiger partial charge in [0.2, 0.25) is 0 Å². The molecule has 0 aromatic rings. The minimum atomic E-state index is -1.57. The van der Waals surface area contributed by atoms with Crippen LogP contribution in [0.1, 0.15) is 19.8 Å². The van der Waals surface area contributed by atoms with E-state index in [1.54, 1.807) is 0 Å². The Bertz CT molecular complexity index is 277. The molecule has 0 aliphatic carbocycles. The van der Waals surface area contributed by atoms with Crippen molar-refractivity contribution in [3.63, 3.8) is 0 Å². The number of aliphatic carboxylic acids is 1. The molecule has 5 nitrogen and oxygen atoms in total. The van der Waals surface area contributed by atoms with E-state index in [0.717, 1.165) is 0 Å². The van der Waals surface area contributed by atoms with E-state index in [9.17, 15) is 9.18 Å². The van der Waals surface area contributed by atoms with Gasteiger partial charge in [-0.2, -0.15) is 0 Å². The molecule has 0 aromatic heterocycles. The molecular weight excluding hydrogens is 213 g/mol. The largest absolute Gasteiger partial charge is 0.480 e. The molecule has 0 saturated heterocycles. The lowest BCUT2D eigenvalue weighted by molar-refractivity contribution is -0.142. The van der Waals surface area contributed by atoms with Crippen LogP contribution in [0.15, 0.2) is 11.9 Å². The predicted octanol–water partition coefficient (Wildman–Crippen LogP) is 0.661. The van der Waals surface area contributed by atoms with Crippen LogP contribution in [-0.4, -0.2) is 35.9 Å². The number of hydrogen-bond acceptors (Lipinski definition) is 4. The van der Waals surface area contributed by atoms with Crippen LogP contribution in [0.3, 0.4) is 0 Å². The first kappa shape index (κ1) is 14.7.